The number of nitrogens with two attached hydrogens (primary N) is 2. The number of hydrogen-bond donors (Lipinski definition) is 10. The van der Waals surface area contributed by atoms with Crippen LogP contribution in [0.5, 0.6) is 11.5 Å². The zero-order chi connectivity index (χ0) is 55.8. The molecule has 6 aliphatic carbocycles. The third-order valence-electron chi connectivity index (χ3n) is 14.4. The highest BCUT2D eigenvalue weighted by molar-refractivity contribution is 14.1. The summed E-state index contributed by atoms with van der Waals surface area (Å²) in [5.74, 6) is -9.94. The molecule has 2 unspecified atom stereocenters. The average molecular weight is 1140 g/mol. The van der Waals surface area contributed by atoms with Crippen molar-refractivity contribution in [2.75, 3.05) is 28.2 Å². The summed E-state index contributed by atoms with van der Waals surface area (Å²) in [6, 6.07) is 3.94. The second-order valence-corrected chi connectivity index (χ2v) is 26.6. The number of phenols is 2. The Kier molecular flexibility index (Phi) is 17.7. The van der Waals surface area contributed by atoms with Gasteiger partial charge in [-0.2, -0.15) is 0 Å². The molecule has 2 saturated carbocycles. The standard InChI is InChI=1S/C26H30N2O7Si.C21H21IN2O7.CH4.B7/c1-28(2)20-15-11-13-10-14-12(8-9-36(3,4)5)6-7-16(29)18(14)21(30)17(13)23(32)26(15,35)24(33)19(22(20)31)25(27)34;1-24(2)15-9-6-7-5-8-10(22)3-4-11(25)13(8)16(26)12(7)18(28)21(9,31)19(29)14(17(15)27)20(23)30;;1-5-7(4)6(2)3/h6-7,13,15,20,29-30,33,35H,10-11H2,1-5H3,(H2,27,34);3-4,7,9,15,25-26,29,31H,5-6H2,1-2H3,(H2,23,30);1H4;/t13-,15?,20-,26-;7-,9?,15-,21-;;/m00../s1. The van der Waals surface area contributed by atoms with Gasteiger partial charge in [-0.25, -0.2) is 0 Å². The van der Waals surface area contributed by atoms with Crippen LogP contribution in [0.3, 0.4) is 0 Å². The van der Waals surface area contributed by atoms with E-state index in [2.05, 4.69) is 53.7 Å². The van der Waals surface area contributed by atoms with Crippen LogP contribution >= 0.6 is 22.6 Å². The number of carbonyl (C=O) groups excluding carboxylic acids is 6. The molecule has 0 saturated heterocycles. The van der Waals surface area contributed by atoms with Crippen LogP contribution in [-0.2, 0) is 41.6 Å². The van der Waals surface area contributed by atoms with Crippen LogP contribution in [0.2, 0.25) is 19.6 Å². The molecule has 0 aliphatic heterocycles. The Balaban J connectivity index is 0.000000245. The van der Waals surface area contributed by atoms with Gasteiger partial charge in [0.1, 0.15) is 53.8 Å². The van der Waals surface area contributed by atoms with Crippen molar-refractivity contribution in [1.82, 2.24) is 9.80 Å². The Morgan fingerprint density at radius 3 is 1.45 bits per heavy atom. The van der Waals surface area contributed by atoms with Crippen molar-refractivity contribution in [1.29, 1.82) is 0 Å². The Labute approximate surface area is 456 Å². The lowest BCUT2D eigenvalue weighted by atomic mass is 8.76. The maximum Gasteiger partial charge on any atom is 0.255 e. The summed E-state index contributed by atoms with van der Waals surface area (Å²) in [4.78, 5) is 80.3. The molecule has 12 N–H and O–H groups in total. The van der Waals surface area contributed by atoms with Gasteiger partial charge in [0.15, 0.2) is 22.8 Å². The number of aliphatic hydroxyl groups is 6. The third-order valence-corrected chi connectivity index (χ3v) is 16.3. The Hall–Kier alpha value is -5.38. The van der Waals surface area contributed by atoms with Crippen molar-refractivity contribution in [3.63, 3.8) is 0 Å². The summed E-state index contributed by atoms with van der Waals surface area (Å²) < 4.78 is 0.784. The molecule has 383 valence electrons. The molecule has 0 bridgehead atoms. The molecule has 2 aromatic carbocycles. The number of ketones is 4. The molecule has 6 aliphatic rings. The van der Waals surface area contributed by atoms with E-state index in [0.29, 0.717) is 23.1 Å². The Morgan fingerprint density at radius 2 is 1.11 bits per heavy atom. The minimum Gasteiger partial charge on any atom is -0.508 e. The molecule has 2 fully saturated rings. The lowest BCUT2D eigenvalue weighted by Gasteiger charge is -2.50. The van der Waals surface area contributed by atoms with Crippen LogP contribution in [0.15, 0.2) is 58.1 Å². The fourth-order valence-corrected chi connectivity index (χ4v) is 12.1. The topological polar surface area (TPSA) is 323 Å². The maximum absolute atomic E-state index is 13.8. The number of primary amides is 2. The first-order chi connectivity index (χ1) is 34.2. The van der Waals surface area contributed by atoms with Crippen LogP contribution in [-0.4, -0.2) is 196 Å². The van der Waals surface area contributed by atoms with Crippen molar-refractivity contribution in [3.05, 3.63) is 89.5 Å². The number of aliphatic hydroxyl groups excluding tert-OH is 4. The number of rotatable bonds is 6. The number of likely N-dealkylation sites (N-methyl/N-ethyl adjacent to an activating group) is 2. The minimum atomic E-state index is -2.64. The molecule has 27 heteroatoms. The summed E-state index contributed by atoms with van der Waals surface area (Å²) in [5.41, 5.74) is 8.66. The number of phenolic OH excluding ortho intramolecular Hbond substituents is 2. The first-order valence-electron chi connectivity index (χ1n) is 23.2. The molecule has 0 spiro atoms. The van der Waals surface area contributed by atoms with Crippen LogP contribution < -0.4 is 11.5 Å². The van der Waals surface area contributed by atoms with Crippen molar-refractivity contribution in [3.8, 4) is 23.0 Å². The summed E-state index contributed by atoms with van der Waals surface area (Å²) in [5, 5.41) is 87.7. The third kappa shape index (κ3) is 10.2. The van der Waals surface area contributed by atoms with Crippen LogP contribution in [0, 0.1) is 38.7 Å². The molecule has 2 amide bonds. The second kappa shape index (κ2) is 21.9. The van der Waals surface area contributed by atoms with E-state index in [-0.39, 0.29) is 66.8 Å². The molecule has 0 heterocycles. The molecule has 18 nitrogen and oxygen atoms in total. The van der Waals surface area contributed by atoms with E-state index in [1.54, 1.807) is 40.3 Å². The predicted octanol–water partition coefficient (Wildman–Crippen LogP) is -0.268. The van der Waals surface area contributed by atoms with Gasteiger partial charge in [0, 0.05) is 82.9 Å². The molecule has 8 atom stereocenters. The largest absolute Gasteiger partial charge is 0.508 e. The van der Waals surface area contributed by atoms with E-state index in [0.717, 1.165) is 3.57 Å². The van der Waals surface area contributed by atoms with Crippen molar-refractivity contribution >= 4 is 128 Å². The lowest BCUT2D eigenvalue weighted by molar-refractivity contribution is -0.155. The van der Waals surface area contributed by atoms with Gasteiger partial charge in [0.2, 0.25) is 11.6 Å². The molecule has 75 heavy (non-hydrogen) atoms. The van der Waals surface area contributed by atoms with Gasteiger partial charge in [-0.3, -0.25) is 38.6 Å². The highest BCUT2D eigenvalue weighted by atomic mass is 127. The molecular weight excluding hydrogens is 1090 g/mol. The van der Waals surface area contributed by atoms with Gasteiger partial charge < -0.3 is 52.3 Å². The van der Waals surface area contributed by atoms with E-state index in [1.165, 1.54) is 29.0 Å². The lowest BCUT2D eigenvalue weighted by Crippen LogP contribution is -2.65. The van der Waals surface area contributed by atoms with Crippen LogP contribution in [0.1, 0.15) is 48.1 Å². The number of halogens is 1. The number of nitrogens with zero attached hydrogens (tertiary/aromatic N) is 2. The highest BCUT2D eigenvalue weighted by Crippen LogP contribution is 2.55. The zero-order valence-electron chi connectivity index (χ0n) is 41.6. The Bertz CT molecular complexity index is 3010. The first kappa shape index (κ1) is 60.5. The van der Waals surface area contributed by atoms with Crippen molar-refractivity contribution < 1.29 is 69.6 Å². The first-order valence-corrected chi connectivity index (χ1v) is 27.8. The Morgan fingerprint density at radius 1 is 0.720 bits per heavy atom. The highest BCUT2D eigenvalue weighted by Gasteiger charge is 2.66. The van der Waals surface area contributed by atoms with Crippen LogP contribution in [0.25, 0.3) is 11.5 Å². The van der Waals surface area contributed by atoms with Crippen LogP contribution in [0.4, 0.5) is 0 Å². The van der Waals surface area contributed by atoms with Gasteiger partial charge in [0.05, 0.1) is 23.2 Å². The predicted molar refractivity (Wildman–Crippen MR) is 298 cm³/mol. The van der Waals surface area contributed by atoms with E-state index in [4.69, 9.17) is 42.4 Å². The average Bonchev–Trinajstić information content (AvgIpc) is 3.29. The number of hydrogen-bond acceptors (Lipinski definition) is 16. The number of benzene rings is 2. The summed E-state index contributed by atoms with van der Waals surface area (Å²) in [6.07, 6.45) is -0.287. The van der Waals surface area contributed by atoms with E-state index >= 15 is 0 Å². The quantitative estimate of drug-likeness (QED) is 0.0771. The SMILES string of the molecule is C.CN(C)[C@@H]1C(=O)C(C(N)=O)=C(O)[C@@]2(O)C(=O)C3=C(O)c4c(O)ccc(C#C[Si](C)(C)C)c4C[C@H]3CC12.CN(C)[C@@H]1C(=O)C(C(N)=O)=C(O)[C@@]2(O)C(=O)C3=C(O)c4c(O)ccc(I)c4C[C@H]3CC12.[B][B]B([B])B([B])[B]. The molecule has 2 aromatic rings. The van der Waals surface area contributed by atoms with Gasteiger partial charge in [-0.15, -0.1) is 5.54 Å². The maximum atomic E-state index is 13.8. The smallest absolute Gasteiger partial charge is 0.255 e. The zero-order valence-corrected chi connectivity index (χ0v) is 44.8. The summed E-state index contributed by atoms with van der Waals surface area (Å²) in [7, 11) is 26.1. The number of aromatic hydroxyl groups is 2. The second-order valence-electron chi connectivity index (χ2n) is 20.7. The summed E-state index contributed by atoms with van der Waals surface area (Å²) >= 11 is 2.07. The minimum absolute atomic E-state index is 0. The van der Waals surface area contributed by atoms with Gasteiger partial charge in [-0.05, 0) is 124 Å². The number of Topliss-reactive ketones (excluding diaryl/α,β-unsaturated/α-hetero) is 4. The fourth-order valence-electron chi connectivity index (χ4n) is 11.0. The van der Waals surface area contributed by atoms with Gasteiger partial charge in [-0.1, -0.05) is 33.0 Å². The van der Waals surface area contributed by atoms with E-state index in [1.807, 2.05) is 0 Å². The monoisotopic (exact) mass is 1140 g/mol. The molecule has 8 rings (SSSR count). The van der Waals surface area contributed by atoms with Crippen molar-refractivity contribution in [2.45, 2.75) is 76.0 Å². The van der Waals surface area contributed by atoms with Gasteiger partial charge >= 0.3 is 0 Å². The molecule has 9 radical (unpaired) electrons. The number of carbonyl (C=O) groups is 6. The molecule has 0 aromatic heterocycles. The normalized spacial score (nSPS) is 26.6. The summed E-state index contributed by atoms with van der Waals surface area (Å²) in [6.45, 7) is 6.26. The fraction of sp³-hybridized carbons (Fsp3) is 0.417. The number of amides is 2. The van der Waals surface area contributed by atoms with Crippen molar-refractivity contribution in [2.24, 2.45) is 35.1 Å². The van der Waals surface area contributed by atoms with E-state index < -0.39 is 131 Å². The van der Waals surface area contributed by atoms with E-state index in [9.17, 15) is 69.6 Å². The number of fused-ring (bicyclic) bond motifs is 6. The molecular formula is C48H55B7IN4O14Si. The van der Waals surface area contributed by atoms with Gasteiger partial charge in [0.25, 0.3) is 11.8 Å².